The van der Waals surface area contributed by atoms with Crippen molar-refractivity contribution in [2.24, 2.45) is 0 Å². The van der Waals surface area contributed by atoms with E-state index in [1.165, 1.54) is 0 Å². The first-order valence-electron chi connectivity index (χ1n) is 1.49. The van der Waals surface area contributed by atoms with E-state index in [0.717, 1.165) is 15.9 Å². The number of carbonyl (C=O) groups is 1. The first-order valence-corrected chi connectivity index (χ1v) is 4.41. The largest absolute Gasteiger partial charge is 0.478 e. The van der Waals surface area contributed by atoms with Gasteiger partial charge in [-0.3, -0.25) is 0 Å². The van der Waals surface area contributed by atoms with Gasteiger partial charge in [-0.05, 0) is 9.83 Å². The van der Waals surface area contributed by atoms with Crippen LogP contribution in [0.4, 0.5) is 0 Å². The van der Waals surface area contributed by atoms with Crippen molar-refractivity contribution in [3.05, 3.63) is 12.7 Å². The van der Waals surface area contributed by atoms with E-state index in [4.69, 9.17) is 5.11 Å². The molecule has 5 heteroatoms. The van der Waals surface area contributed by atoms with Gasteiger partial charge < -0.3 is 5.11 Å². The van der Waals surface area contributed by atoms with Crippen molar-refractivity contribution in [3.8, 4) is 0 Å². The summed E-state index contributed by atoms with van der Waals surface area (Å²) >= 11 is 7.14. The zero-order valence-corrected chi connectivity index (χ0v) is 6.55. The van der Waals surface area contributed by atoms with Gasteiger partial charge in [0.15, 0.2) is 0 Å². The molecule has 0 rings (SSSR count). The molecule has 1 N–H and O–H groups in total. The van der Waals surface area contributed by atoms with Crippen molar-refractivity contribution in [1.29, 1.82) is 0 Å². The Hall–Kier alpha value is 0.260. The third-order valence-electron chi connectivity index (χ3n) is 0.175. The minimum atomic E-state index is -0.981. The second-order valence-corrected chi connectivity index (χ2v) is 2.75. The third-order valence-corrected chi connectivity index (χ3v) is 0.175. The smallest absolute Gasteiger partial charge is 0.327 e. The van der Waals surface area contributed by atoms with Gasteiger partial charge in [-0.2, -0.15) is 0 Å². The maximum Gasteiger partial charge on any atom is 0.327 e. The van der Waals surface area contributed by atoms with Crippen LogP contribution in [0, 0.1) is 0 Å². The van der Waals surface area contributed by atoms with Crippen molar-refractivity contribution >= 4 is 39.1 Å². The lowest BCUT2D eigenvalue weighted by Gasteiger charge is -1.64. The Morgan fingerprint density at radius 3 is 1.88 bits per heavy atom. The molecule has 0 aromatic carbocycles. The molecule has 0 fully saturated rings. The Labute approximate surface area is 62.0 Å². The summed E-state index contributed by atoms with van der Waals surface area (Å²) in [6.07, 6.45) is 0.833. The highest BCUT2D eigenvalue weighted by molar-refractivity contribution is 9.01. The van der Waals surface area contributed by atoms with E-state index in [1.807, 2.05) is 0 Å². The predicted octanol–water partition coefficient (Wildman–Crippen LogP) is 1.67. The van der Waals surface area contributed by atoms with Gasteiger partial charge in [0.2, 0.25) is 0 Å². The first kappa shape index (κ1) is 11.1. The van der Waals surface area contributed by atoms with Crippen LogP contribution in [0.15, 0.2) is 12.7 Å². The Kier molecular flexibility index (Phi) is 14.3. The Morgan fingerprint density at radius 1 is 1.75 bits per heavy atom. The van der Waals surface area contributed by atoms with Crippen molar-refractivity contribution in [1.82, 2.24) is 0 Å². The highest BCUT2D eigenvalue weighted by Crippen LogP contribution is 2.06. The molecule has 0 saturated heterocycles. The lowest BCUT2D eigenvalue weighted by Crippen LogP contribution is -1.82. The van der Waals surface area contributed by atoms with E-state index in [9.17, 15) is 4.79 Å². The SMILES string of the molecule is C=CC(=O)O.SSS. The molecule has 0 aromatic rings. The predicted molar refractivity (Wildman–Crippen MR) is 43.4 cm³/mol. The zero-order valence-electron chi connectivity index (χ0n) is 3.94. The van der Waals surface area contributed by atoms with E-state index in [0.29, 0.717) is 0 Å². The topological polar surface area (TPSA) is 37.3 Å². The fourth-order valence-electron chi connectivity index (χ4n) is 0. The van der Waals surface area contributed by atoms with E-state index < -0.39 is 5.97 Å². The van der Waals surface area contributed by atoms with Crippen LogP contribution in [0.5, 0.6) is 0 Å². The number of thiol groups is 2. The Morgan fingerprint density at radius 2 is 1.88 bits per heavy atom. The molecule has 0 aliphatic rings. The summed E-state index contributed by atoms with van der Waals surface area (Å²) in [6, 6.07) is 0. The summed E-state index contributed by atoms with van der Waals surface area (Å²) in [5.74, 6) is -0.981. The molecule has 2 nitrogen and oxygen atoms in total. The fraction of sp³-hybridized carbons (Fsp3) is 0. The lowest BCUT2D eigenvalue weighted by molar-refractivity contribution is -0.131. The average molecular weight is 170 g/mol. The van der Waals surface area contributed by atoms with Gasteiger partial charge in [0.25, 0.3) is 0 Å². The minimum absolute atomic E-state index is 0.833. The van der Waals surface area contributed by atoms with Crippen LogP contribution < -0.4 is 0 Å². The second-order valence-electron chi connectivity index (χ2n) is 0.624. The molecule has 0 radical (unpaired) electrons. The summed E-state index contributed by atoms with van der Waals surface area (Å²) in [6.45, 7) is 2.96. The van der Waals surface area contributed by atoms with Crippen LogP contribution in [0.25, 0.3) is 0 Å². The van der Waals surface area contributed by atoms with E-state index in [1.54, 1.807) is 0 Å². The summed E-state index contributed by atoms with van der Waals surface area (Å²) in [4.78, 5) is 9.25. The van der Waals surface area contributed by atoms with E-state index in [-0.39, 0.29) is 0 Å². The van der Waals surface area contributed by atoms with Gasteiger partial charge in [0, 0.05) is 6.08 Å². The molecule has 0 aromatic heterocycles. The Balaban J connectivity index is 0. The van der Waals surface area contributed by atoms with Gasteiger partial charge in [0.1, 0.15) is 0 Å². The number of carboxylic acids is 1. The summed E-state index contributed by atoms with van der Waals surface area (Å²) in [5.41, 5.74) is 0. The molecule has 0 spiro atoms. The number of hydrogen-bond acceptors (Lipinski definition) is 4. The molecular formula is C3H6O2S3. The normalized spacial score (nSPS) is 6.25. The molecule has 0 bridgehead atoms. The number of aliphatic carboxylic acids is 1. The molecule has 0 amide bonds. The second kappa shape index (κ2) is 10.3. The molecule has 48 valence electrons. The first-order chi connectivity index (χ1) is 3.68. The van der Waals surface area contributed by atoms with Gasteiger partial charge in [0.05, 0.1) is 0 Å². The fourth-order valence-corrected chi connectivity index (χ4v) is 0. The maximum absolute atomic E-state index is 9.25. The van der Waals surface area contributed by atoms with Crippen LogP contribution in [0.1, 0.15) is 0 Å². The van der Waals surface area contributed by atoms with Crippen LogP contribution >= 0.6 is 33.1 Å². The summed E-state index contributed by atoms with van der Waals surface area (Å²) < 4.78 is 0. The standard InChI is InChI=1S/C3H4O2.H2S3/c1-2-3(4)5;1-3-2/h2H,1H2,(H,4,5);1-2H. The monoisotopic (exact) mass is 170 g/mol. The molecular weight excluding hydrogens is 164 g/mol. The van der Waals surface area contributed by atoms with Crippen molar-refractivity contribution in [3.63, 3.8) is 0 Å². The molecule has 0 heterocycles. The highest BCUT2D eigenvalue weighted by atomic mass is 33.5. The number of carboxylic acid groups (broad SMARTS) is 1. The quantitative estimate of drug-likeness (QED) is 0.318. The minimum Gasteiger partial charge on any atom is -0.478 e. The lowest BCUT2D eigenvalue weighted by atomic mass is 10.7. The van der Waals surface area contributed by atoms with Gasteiger partial charge >= 0.3 is 5.97 Å². The molecule has 0 atom stereocenters. The van der Waals surface area contributed by atoms with Crippen molar-refractivity contribution in [2.75, 3.05) is 0 Å². The van der Waals surface area contributed by atoms with Crippen LogP contribution in [0.2, 0.25) is 0 Å². The molecule has 8 heavy (non-hydrogen) atoms. The van der Waals surface area contributed by atoms with Crippen LogP contribution in [-0.4, -0.2) is 11.1 Å². The van der Waals surface area contributed by atoms with E-state index >= 15 is 0 Å². The number of rotatable bonds is 1. The highest BCUT2D eigenvalue weighted by Gasteiger charge is 1.73. The average Bonchev–Trinajstić information content (AvgIpc) is 1.69. The van der Waals surface area contributed by atoms with Crippen molar-refractivity contribution < 1.29 is 9.90 Å². The molecule has 0 saturated carbocycles. The van der Waals surface area contributed by atoms with Crippen LogP contribution in [0.3, 0.4) is 0 Å². The molecule has 0 aliphatic heterocycles. The van der Waals surface area contributed by atoms with Gasteiger partial charge in [-0.1, -0.05) is 29.9 Å². The summed E-state index contributed by atoms with van der Waals surface area (Å²) in [5, 5.41) is 7.60. The maximum atomic E-state index is 9.25. The molecule has 0 aliphatic carbocycles. The van der Waals surface area contributed by atoms with Gasteiger partial charge in [-0.25, -0.2) is 4.79 Å². The van der Waals surface area contributed by atoms with Crippen LogP contribution in [-0.2, 0) is 4.79 Å². The van der Waals surface area contributed by atoms with E-state index in [2.05, 4.69) is 29.9 Å². The van der Waals surface area contributed by atoms with Gasteiger partial charge in [-0.15, -0.1) is 0 Å². The molecule has 0 unspecified atom stereocenters. The summed E-state index contributed by atoms with van der Waals surface area (Å²) in [7, 11) is 1.14. The van der Waals surface area contributed by atoms with Crippen molar-refractivity contribution in [2.45, 2.75) is 0 Å². The third kappa shape index (κ3) is 33.9. The number of hydrogen-bond donors (Lipinski definition) is 3. The zero-order chi connectivity index (χ0) is 6.99. The Bertz CT molecular complexity index is 72.9.